The van der Waals surface area contributed by atoms with Crippen LogP contribution in [0.5, 0.6) is 0 Å². The van der Waals surface area contributed by atoms with Crippen molar-refractivity contribution in [2.24, 2.45) is 0 Å². The fourth-order valence-corrected chi connectivity index (χ4v) is 24.4. The highest BCUT2D eigenvalue weighted by molar-refractivity contribution is 6.87. The molecule has 0 spiro atoms. The Hall–Kier alpha value is 0.724. The molecule has 29 heavy (non-hydrogen) atoms. The summed E-state index contributed by atoms with van der Waals surface area (Å²) in [5.41, 5.74) is 0. The molecule has 0 aliphatic carbocycles. The largest absolute Gasteiger partial charge is 0.500 e. The molecule has 0 amide bonds. The molecule has 2 heterocycles. The molecule has 0 aromatic carbocycles. The van der Waals surface area contributed by atoms with Gasteiger partial charge in [0.1, 0.15) is 6.10 Å². The van der Waals surface area contributed by atoms with E-state index in [0.29, 0.717) is 31.4 Å². The summed E-state index contributed by atoms with van der Waals surface area (Å²) in [7, 11) is -6.41. The van der Waals surface area contributed by atoms with Gasteiger partial charge in [0.15, 0.2) is 0 Å². The Morgan fingerprint density at radius 3 is 2.03 bits per heavy atom. The summed E-state index contributed by atoms with van der Waals surface area (Å²) < 4.78 is 53.5. The zero-order chi connectivity index (χ0) is 21.5. The zero-order valence-electron chi connectivity index (χ0n) is 18.9. The van der Waals surface area contributed by atoms with E-state index in [0.717, 1.165) is 19.1 Å². The van der Waals surface area contributed by atoms with Crippen LogP contribution in [0.25, 0.3) is 0 Å². The van der Waals surface area contributed by atoms with Crippen LogP contribution in [0.3, 0.4) is 0 Å². The fourth-order valence-electron chi connectivity index (χ4n) is 3.56. The second-order valence-corrected chi connectivity index (χ2v) is 22.5. The molecule has 5 unspecified atom stereocenters. The van der Waals surface area contributed by atoms with Gasteiger partial charge >= 0.3 is 25.9 Å². The van der Waals surface area contributed by atoms with Crippen LogP contribution < -0.4 is 0 Å². The van der Waals surface area contributed by atoms with E-state index in [9.17, 15) is 0 Å². The first-order valence-electron chi connectivity index (χ1n) is 10.2. The van der Waals surface area contributed by atoms with Crippen LogP contribution in [-0.4, -0.2) is 91.7 Å². The maximum Gasteiger partial charge on any atom is 0.500 e. The Kier molecular flexibility index (Phi) is 10.3. The van der Waals surface area contributed by atoms with E-state index in [1.54, 1.807) is 21.3 Å². The minimum absolute atomic E-state index is 0.292. The number of hydrogen-bond donors (Lipinski definition) is 0. The Morgan fingerprint density at radius 1 is 0.966 bits per heavy atom. The van der Waals surface area contributed by atoms with Crippen molar-refractivity contribution in [2.45, 2.75) is 56.8 Å². The molecule has 0 N–H and O–H groups in total. The monoisotopic (exact) mass is 502 g/mol. The molecule has 2 fully saturated rings. The van der Waals surface area contributed by atoms with Crippen LogP contribution in [0.15, 0.2) is 0 Å². The molecule has 14 heteroatoms. The fraction of sp³-hybridized carbons (Fsp3) is 1.00. The molecule has 2 rings (SSSR count). The van der Waals surface area contributed by atoms with Crippen molar-refractivity contribution in [3.8, 4) is 0 Å². The normalized spacial score (nSPS) is 35.9. The minimum atomic E-state index is -2.70. The summed E-state index contributed by atoms with van der Waals surface area (Å²) in [4.78, 5) is 0. The van der Waals surface area contributed by atoms with Crippen LogP contribution in [0.4, 0.5) is 0 Å². The Labute approximate surface area is 181 Å². The minimum Gasteiger partial charge on any atom is -0.420 e. The predicted octanol–water partition coefficient (Wildman–Crippen LogP) is 1.59. The van der Waals surface area contributed by atoms with E-state index in [-0.39, 0.29) is 0 Å². The second kappa shape index (κ2) is 11.5. The summed E-state index contributed by atoms with van der Waals surface area (Å²) in [5.74, 6) is 0. The first-order valence-corrected chi connectivity index (χ1v) is 21.4. The molecule has 172 valence electrons. The van der Waals surface area contributed by atoms with E-state index < -0.39 is 44.5 Å². The van der Waals surface area contributed by atoms with Crippen molar-refractivity contribution in [2.75, 3.05) is 41.2 Å². The summed E-state index contributed by atoms with van der Waals surface area (Å²) in [6.45, 7) is 10.5. The number of epoxide rings is 1. The van der Waals surface area contributed by atoms with Gasteiger partial charge in [0.05, 0.1) is 13.2 Å². The van der Waals surface area contributed by atoms with E-state index in [1.807, 2.05) is 6.55 Å². The lowest BCUT2D eigenvalue weighted by Gasteiger charge is -2.43. The molecule has 5 atom stereocenters. The molecule has 9 nitrogen and oxygen atoms in total. The van der Waals surface area contributed by atoms with Crippen LogP contribution in [-0.2, 0) is 39.2 Å². The van der Waals surface area contributed by atoms with Gasteiger partial charge in [-0.25, -0.2) is 0 Å². The van der Waals surface area contributed by atoms with Crippen LogP contribution in [0.1, 0.15) is 6.42 Å². The van der Waals surface area contributed by atoms with E-state index >= 15 is 0 Å². The standard InChI is InChI=1S/C15H38O9Si5/c1-16-29(17-2,18-3)12-11-28(7)23-26(5)21-25(4)22-27(6,24-28)10-8-9-19-13-15-14-20-15/h15,25-26H,8-14H2,1-7H3. The van der Waals surface area contributed by atoms with Gasteiger partial charge in [-0.1, -0.05) is 0 Å². The van der Waals surface area contributed by atoms with E-state index in [4.69, 9.17) is 39.2 Å². The van der Waals surface area contributed by atoms with Crippen LogP contribution in [0.2, 0.25) is 44.3 Å². The highest BCUT2D eigenvalue weighted by atomic mass is 28.5. The molecule has 0 radical (unpaired) electrons. The Morgan fingerprint density at radius 2 is 1.52 bits per heavy atom. The van der Waals surface area contributed by atoms with Gasteiger partial charge in [0.25, 0.3) is 18.6 Å². The summed E-state index contributed by atoms with van der Waals surface area (Å²) >= 11 is 0. The van der Waals surface area contributed by atoms with Gasteiger partial charge in [-0.3, -0.25) is 0 Å². The average Bonchev–Trinajstić information content (AvgIpc) is 3.46. The number of ether oxygens (including phenoxy) is 2. The topological polar surface area (TPSA) is 86.4 Å². The second-order valence-electron chi connectivity index (χ2n) is 7.81. The average molecular weight is 503 g/mol. The maximum absolute atomic E-state index is 6.77. The lowest BCUT2D eigenvalue weighted by Crippen LogP contribution is -2.60. The van der Waals surface area contributed by atoms with E-state index in [1.165, 1.54) is 0 Å². The lowest BCUT2D eigenvalue weighted by atomic mass is 10.5. The number of rotatable bonds is 12. The van der Waals surface area contributed by atoms with Crippen molar-refractivity contribution >= 4 is 44.5 Å². The highest BCUT2D eigenvalue weighted by Crippen LogP contribution is 2.31. The van der Waals surface area contributed by atoms with Gasteiger partial charge < -0.3 is 39.2 Å². The molecule has 0 aromatic rings. The van der Waals surface area contributed by atoms with Gasteiger partial charge in [-0.15, -0.1) is 0 Å². The number of hydrogen-bond acceptors (Lipinski definition) is 9. The smallest absolute Gasteiger partial charge is 0.420 e. The zero-order valence-corrected chi connectivity index (χ0v) is 24.2. The van der Waals surface area contributed by atoms with Crippen molar-refractivity contribution < 1.29 is 39.2 Å². The third-order valence-electron chi connectivity index (χ3n) is 5.09. The lowest BCUT2D eigenvalue weighted by molar-refractivity contribution is 0.115. The highest BCUT2D eigenvalue weighted by Gasteiger charge is 2.50. The quantitative estimate of drug-likeness (QED) is 0.224. The molecule has 2 aliphatic rings. The van der Waals surface area contributed by atoms with Crippen molar-refractivity contribution in [3.63, 3.8) is 0 Å². The maximum atomic E-state index is 6.77. The summed E-state index contributed by atoms with van der Waals surface area (Å²) in [6.07, 6.45) is 1.18. The Balaban J connectivity index is 1.99. The molecule has 0 saturated carbocycles. The SMILES string of the molecule is CO[Si](CC[Si]1(C)O[SiH](C)O[SiH](C)O[Si](C)(CCCOCC2CO2)O1)(OC)OC. The summed E-state index contributed by atoms with van der Waals surface area (Å²) in [5, 5.41) is 0. The third-order valence-corrected chi connectivity index (χ3v) is 23.9. The Bertz CT molecular complexity index is 491. The van der Waals surface area contributed by atoms with Gasteiger partial charge in [0.2, 0.25) is 0 Å². The van der Waals surface area contributed by atoms with Crippen LogP contribution in [0, 0.1) is 0 Å². The summed E-state index contributed by atoms with van der Waals surface area (Å²) in [6, 6.07) is 2.21. The molecular weight excluding hydrogens is 465 g/mol. The molecule has 0 aromatic heterocycles. The third kappa shape index (κ3) is 8.64. The van der Waals surface area contributed by atoms with Gasteiger partial charge in [-0.05, 0) is 44.7 Å². The first-order chi connectivity index (χ1) is 13.7. The van der Waals surface area contributed by atoms with Crippen molar-refractivity contribution in [1.82, 2.24) is 0 Å². The van der Waals surface area contributed by atoms with Crippen molar-refractivity contribution in [1.29, 1.82) is 0 Å². The predicted molar refractivity (Wildman–Crippen MR) is 120 cm³/mol. The van der Waals surface area contributed by atoms with Crippen molar-refractivity contribution in [3.05, 3.63) is 0 Å². The first kappa shape index (κ1) is 26.0. The molecule has 0 bridgehead atoms. The molecule has 2 aliphatic heterocycles. The molecule has 2 saturated heterocycles. The van der Waals surface area contributed by atoms with Gasteiger partial charge in [-0.2, -0.15) is 0 Å². The van der Waals surface area contributed by atoms with Gasteiger partial charge in [0, 0.05) is 34.0 Å². The van der Waals surface area contributed by atoms with Crippen LogP contribution >= 0.6 is 0 Å². The van der Waals surface area contributed by atoms with E-state index in [2.05, 4.69) is 19.6 Å². The molecular formula is C15H38O9Si5.